The second-order valence-corrected chi connectivity index (χ2v) is 5.66. The lowest BCUT2D eigenvalue weighted by atomic mass is 10.2. The number of aromatic nitrogens is 3. The van der Waals surface area contributed by atoms with Crippen LogP contribution >= 0.6 is 0 Å². The molecule has 0 saturated carbocycles. The number of nitrogens with zero attached hydrogens (tertiary/aromatic N) is 4. The zero-order valence-electron chi connectivity index (χ0n) is 12.8. The van der Waals surface area contributed by atoms with Gasteiger partial charge in [-0.15, -0.1) is 0 Å². The summed E-state index contributed by atoms with van der Waals surface area (Å²) in [6.07, 6.45) is 5.81. The predicted molar refractivity (Wildman–Crippen MR) is 84.3 cm³/mol. The third-order valence-corrected chi connectivity index (χ3v) is 4.06. The summed E-state index contributed by atoms with van der Waals surface area (Å²) in [6.45, 7) is 1.03. The van der Waals surface area contributed by atoms with Gasteiger partial charge in [0.15, 0.2) is 0 Å². The van der Waals surface area contributed by atoms with Crippen LogP contribution < -0.4 is 4.74 Å². The zero-order valence-corrected chi connectivity index (χ0v) is 12.8. The summed E-state index contributed by atoms with van der Waals surface area (Å²) < 4.78 is 20.6. The SMILES string of the molecule is O=C(c1cccn2ccnc12)N1CCC(Oc2cccc(F)n2)C1. The van der Waals surface area contributed by atoms with Crippen LogP contribution in [0.2, 0.25) is 0 Å². The molecule has 4 heterocycles. The van der Waals surface area contributed by atoms with Crippen molar-refractivity contribution in [1.29, 1.82) is 0 Å². The molecule has 0 bridgehead atoms. The van der Waals surface area contributed by atoms with Crippen LogP contribution in [0.3, 0.4) is 0 Å². The maximum absolute atomic E-state index is 13.1. The van der Waals surface area contributed by atoms with Crippen LogP contribution in [0.1, 0.15) is 16.8 Å². The minimum absolute atomic E-state index is 0.0786. The molecule has 1 unspecified atom stereocenters. The van der Waals surface area contributed by atoms with Crippen molar-refractivity contribution < 1.29 is 13.9 Å². The molecule has 122 valence electrons. The Hall–Kier alpha value is -2.96. The molecule has 3 aromatic heterocycles. The highest BCUT2D eigenvalue weighted by Crippen LogP contribution is 2.20. The van der Waals surface area contributed by atoms with Crippen LogP contribution in [-0.2, 0) is 0 Å². The van der Waals surface area contributed by atoms with Crippen LogP contribution in [0.25, 0.3) is 5.65 Å². The molecular weight excluding hydrogens is 311 g/mol. The average Bonchev–Trinajstić information content (AvgIpc) is 3.23. The molecule has 0 spiro atoms. The summed E-state index contributed by atoms with van der Waals surface area (Å²) in [5, 5.41) is 0. The molecule has 0 N–H and O–H groups in total. The van der Waals surface area contributed by atoms with E-state index in [9.17, 15) is 9.18 Å². The standard InChI is InChI=1S/C17H15FN4O2/c18-14-4-1-5-15(20-14)24-12-6-9-22(11-12)17(23)13-3-2-8-21-10-7-19-16(13)21/h1-5,7-8,10,12H,6,9,11H2. The number of carbonyl (C=O) groups is 1. The molecule has 7 heteroatoms. The molecule has 24 heavy (non-hydrogen) atoms. The van der Waals surface area contributed by atoms with Gasteiger partial charge in [-0.1, -0.05) is 6.07 Å². The quantitative estimate of drug-likeness (QED) is 0.692. The number of carbonyl (C=O) groups excluding carboxylic acids is 1. The van der Waals surface area contributed by atoms with E-state index >= 15 is 0 Å². The second-order valence-electron chi connectivity index (χ2n) is 5.66. The highest BCUT2D eigenvalue weighted by Gasteiger charge is 2.29. The van der Waals surface area contributed by atoms with Crippen molar-refractivity contribution in [2.75, 3.05) is 13.1 Å². The number of imidazole rings is 1. The molecule has 1 aliphatic heterocycles. The highest BCUT2D eigenvalue weighted by atomic mass is 19.1. The fourth-order valence-electron chi connectivity index (χ4n) is 2.92. The van der Waals surface area contributed by atoms with Crippen LogP contribution in [0.5, 0.6) is 5.88 Å². The number of fused-ring (bicyclic) bond motifs is 1. The Balaban J connectivity index is 1.48. The Bertz CT molecular complexity index is 895. The van der Waals surface area contributed by atoms with Gasteiger partial charge < -0.3 is 14.0 Å². The van der Waals surface area contributed by atoms with Gasteiger partial charge in [0.25, 0.3) is 5.91 Å². The summed E-state index contributed by atoms with van der Waals surface area (Å²) in [7, 11) is 0. The van der Waals surface area contributed by atoms with Crippen LogP contribution in [0.15, 0.2) is 48.9 Å². The molecule has 0 aliphatic carbocycles. The molecule has 1 amide bonds. The average molecular weight is 326 g/mol. The first-order valence-corrected chi connectivity index (χ1v) is 7.71. The minimum atomic E-state index is -0.579. The van der Waals surface area contributed by atoms with Gasteiger partial charge in [0.2, 0.25) is 11.8 Å². The maximum atomic E-state index is 13.1. The van der Waals surface area contributed by atoms with E-state index in [4.69, 9.17) is 4.74 Å². The van der Waals surface area contributed by atoms with Gasteiger partial charge in [-0.05, 0) is 18.2 Å². The van der Waals surface area contributed by atoms with E-state index in [-0.39, 0.29) is 17.9 Å². The first-order valence-electron chi connectivity index (χ1n) is 7.71. The third-order valence-electron chi connectivity index (χ3n) is 4.06. The Morgan fingerprint density at radius 3 is 3.04 bits per heavy atom. The Morgan fingerprint density at radius 2 is 2.17 bits per heavy atom. The van der Waals surface area contributed by atoms with E-state index in [1.807, 2.05) is 16.7 Å². The number of ether oxygens (including phenoxy) is 1. The molecule has 1 saturated heterocycles. The Labute approximate surface area is 137 Å². The number of hydrogen-bond acceptors (Lipinski definition) is 4. The monoisotopic (exact) mass is 326 g/mol. The molecule has 3 aromatic rings. The molecule has 0 radical (unpaired) electrons. The van der Waals surface area contributed by atoms with Crippen molar-refractivity contribution >= 4 is 11.6 Å². The molecule has 4 rings (SSSR count). The van der Waals surface area contributed by atoms with Crippen molar-refractivity contribution in [3.05, 3.63) is 60.4 Å². The fraction of sp³-hybridized carbons (Fsp3) is 0.235. The topological polar surface area (TPSA) is 59.7 Å². The van der Waals surface area contributed by atoms with Gasteiger partial charge in [0.1, 0.15) is 11.8 Å². The number of hydrogen-bond donors (Lipinski definition) is 0. The predicted octanol–water partition coefficient (Wildman–Crippen LogP) is 2.16. The van der Waals surface area contributed by atoms with Crippen LogP contribution in [0, 0.1) is 5.95 Å². The third kappa shape index (κ3) is 2.68. The van der Waals surface area contributed by atoms with E-state index in [1.54, 1.807) is 35.5 Å². The lowest BCUT2D eigenvalue weighted by Crippen LogP contribution is -2.31. The molecule has 0 aromatic carbocycles. The Kier molecular flexibility index (Phi) is 3.60. The fourth-order valence-corrected chi connectivity index (χ4v) is 2.92. The summed E-state index contributed by atoms with van der Waals surface area (Å²) in [4.78, 5) is 22.4. The van der Waals surface area contributed by atoms with E-state index in [1.165, 1.54) is 6.07 Å². The highest BCUT2D eigenvalue weighted by molar-refractivity contribution is 5.99. The molecule has 1 fully saturated rings. The van der Waals surface area contributed by atoms with E-state index in [0.29, 0.717) is 30.7 Å². The molecular formula is C17H15FN4O2. The van der Waals surface area contributed by atoms with Crippen molar-refractivity contribution in [2.45, 2.75) is 12.5 Å². The lowest BCUT2D eigenvalue weighted by molar-refractivity contribution is 0.0772. The van der Waals surface area contributed by atoms with E-state index in [2.05, 4.69) is 9.97 Å². The van der Waals surface area contributed by atoms with Crippen molar-refractivity contribution in [1.82, 2.24) is 19.3 Å². The normalized spacial score (nSPS) is 17.4. The lowest BCUT2D eigenvalue weighted by Gasteiger charge is -2.17. The smallest absolute Gasteiger partial charge is 0.257 e. The molecule has 1 aliphatic rings. The van der Waals surface area contributed by atoms with Crippen molar-refractivity contribution in [3.8, 4) is 5.88 Å². The largest absolute Gasteiger partial charge is 0.472 e. The summed E-state index contributed by atoms with van der Waals surface area (Å²) >= 11 is 0. The number of amides is 1. The molecule has 1 atom stereocenters. The van der Waals surface area contributed by atoms with Crippen LogP contribution in [0.4, 0.5) is 4.39 Å². The molecule has 6 nitrogen and oxygen atoms in total. The van der Waals surface area contributed by atoms with Gasteiger partial charge in [0, 0.05) is 37.6 Å². The van der Waals surface area contributed by atoms with Gasteiger partial charge in [0.05, 0.1) is 12.1 Å². The van der Waals surface area contributed by atoms with Crippen LogP contribution in [-0.4, -0.2) is 44.4 Å². The summed E-state index contributed by atoms with van der Waals surface area (Å²) in [6, 6.07) is 8.02. The van der Waals surface area contributed by atoms with Gasteiger partial charge in [-0.2, -0.15) is 9.37 Å². The number of pyridine rings is 2. The van der Waals surface area contributed by atoms with Gasteiger partial charge in [-0.25, -0.2) is 4.98 Å². The van der Waals surface area contributed by atoms with Crippen molar-refractivity contribution in [3.63, 3.8) is 0 Å². The maximum Gasteiger partial charge on any atom is 0.257 e. The number of rotatable bonds is 3. The van der Waals surface area contributed by atoms with E-state index < -0.39 is 5.95 Å². The second kappa shape index (κ2) is 5.92. The first-order chi connectivity index (χ1) is 11.7. The summed E-state index contributed by atoms with van der Waals surface area (Å²) in [5.41, 5.74) is 1.20. The van der Waals surface area contributed by atoms with Crippen molar-refractivity contribution in [2.24, 2.45) is 0 Å². The van der Waals surface area contributed by atoms with E-state index in [0.717, 1.165) is 0 Å². The Morgan fingerprint density at radius 1 is 1.25 bits per heavy atom. The first kappa shape index (κ1) is 14.6. The van der Waals surface area contributed by atoms with Gasteiger partial charge >= 0.3 is 0 Å². The zero-order chi connectivity index (χ0) is 16.5. The van der Waals surface area contributed by atoms with Gasteiger partial charge in [-0.3, -0.25) is 4.79 Å². The summed E-state index contributed by atoms with van der Waals surface area (Å²) in [5.74, 6) is -0.417. The minimum Gasteiger partial charge on any atom is -0.472 e. The number of likely N-dealkylation sites (tertiary alicyclic amines) is 1. The number of halogens is 1.